The molecule has 10 heteroatoms. The van der Waals surface area contributed by atoms with Crippen molar-refractivity contribution in [1.29, 1.82) is 0 Å². The number of amides is 1. The average molecular weight is 498 g/mol. The van der Waals surface area contributed by atoms with Crippen LogP contribution in [0.1, 0.15) is 5.56 Å². The van der Waals surface area contributed by atoms with E-state index in [1.165, 1.54) is 23.9 Å². The van der Waals surface area contributed by atoms with Crippen molar-refractivity contribution < 1.29 is 9.18 Å². The molecule has 5 aromatic rings. The number of hydrogen-bond donors (Lipinski definition) is 2. The Morgan fingerprint density at radius 1 is 1.03 bits per heavy atom. The SMILES string of the molecule is Cn1cc(-c2ccc3nc(NC(=O)C4(c5ccccc5)NC=CS4)cn3n2)c(-c2ccc(F)cc2)n1. The van der Waals surface area contributed by atoms with Crippen LogP contribution in [-0.2, 0) is 16.7 Å². The van der Waals surface area contributed by atoms with Crippen molar-refractivity contribution in [3.63, 3.8) is 0 Å². The van der Waals surface area contributed by atoms with E-state index in [-0.39, 0.29) is 11.7 Å². The van der Waals surface area contributed by atoms with E-state index in [0.29, 0.717) is 22.9 Å². The number of anilines is 1. The van der Waals surface area contributed by atoms with E-state index in [1.54, 1.807) is 33.7 Å². The summed E-state index contributed by atoms with van der Waals surface area (Å²) in [5.74, 6) is -0.155. The molecule has 0 saturated carbocycles. The van der Waals surface area contributed by atoms with E-state index in [1.807, 2.05) is 61.1 Å². The second kappa shape index (κ2) is 8.65. The first-order valence-corrected chi connectivity index (χ1v) is 12.0. The standard InChI is InChI=1S/C26H20FN7OS/c1-33-15-20(24(32-33)17-7-9-19(27)10-8-17)21-11-12-23-29-22(16-34(23)31-21)30-25(35)26(28-13-14-36-26)18-5-3-2-4-6-18/h2-16,28H,1H3,(H,30,35). The normalized spacial score (nSPS) is 16.8. The molecule has 2 aromatic carbocycles. The van der Waals surface area contributed by atoms with Gasteiger partial charge in [0.25, 0.3) is 5.91 Å². The maximum atomic E-state index is 13.4. The van der Waals surface area contributed by atoms with Crippen LogP contribution in [0.5, 0.6) is 0 Å². The molecule has 178 valence electrons. The molecule has 0 aliphatic carbocycles. The molecule has 0 fully saturated rings. The summed E-state index contributed by atoms with van der Waals surface area (Å²) in [6.45, 7) is 0. The summed E-state index contributed by atoms with van der Waals surface area (Å²) in [6.07, 6.45) is 5.31. The predicted molar refractivity (Wildman–Crippen MR) is 137 cm³/mol. The number of aryl methyl sites for hydroxylation is 1. The molecular formula is C26H20FN7OS. The largest absolute Gasteiger partial charge is 0.365 e. The maximum Gasteiger partial charge on any atom is 0.266 e. The molecule has 4 heterocycles. The molecule has 0 saturated heterocycles. The van der Waals surface area contributed by atoms with Gasteiger partial charge in [-0.3, -0.25) is 9.48 Å². The Balaban J connectivity index is 1.32. The van der Waals surface area contributed by atoms with Gasteiger partial charge in [0.15, 0.2) is 16.3 Å². The van der Waals surface area contributed by atoms with E-state index in [0.717, 1.165) is 16.7 Å². The van der Waals surface area contributed by atoms with E-state index in [9.17, 15) is 9.18 Å². The minimum absolute atomic E-state index is 0.238. The summed E-state index contributed by atoms with van der Waals surface area (Å²) < 4.78 is 16.7. The van der Waals surface area contributed by atoms with Gasteiger partial charge >= 0.3 is 0 Å². The van der Waals surface area contributed by atoms with Gasteiger partial charge in [-0.15, -0.1) is 0 Å². The molecule has 36 heavy (non-hydrogen) atoms. The van der Waals surface area contributed by atoms with Crippen molar-refractivity contribution in [3.8, 4) is 22.5 Å². The second-order valence-corrected chi connectivity index (χ2v) is 9.41. The number of hydrogen-bond acceptors (Lipinski definition) is 6. The van der Waals surface area contributed by atoms with E-state index >= 15 is 0 Å². The number of benzene rings is 2. The zero-order valence-electron chi connectivity index (χ0n) is 19.1. The smallest absolute Gasteiger partial charge is 0.266 e. The summed E-state index contributed by atoms with van der Waals surface area (Å²) in [5, 5.41) is 17.2. The van der Waals surface area contributed by atoms with Gasteiger partial charge in [-0.05, 0) is 47.4 Å². The Hall–Kier alpha value is -4.44. The van der Waals surface area contributed by atoms with Gasteiger partial charge in [0.05, 0.1) is 11.9 Å². The number of nitrogens with zero attached hydrogens (tertiary/aromatic N) is 5. The molecule has 0 radical (unpaired) electrons. The number of halogens is 1. The minimum Gasteiger partial charge on any atom is -0.365 e. The molecule has 1 unspecified atom stereocenters. The molecule has 3 aromatic heterocycles. The van der Waals surface area contributed by atoms with Gasteiger partial charge in [-0.25, -0.2) is 13.9 Å². The highest BCUT2D eigenvalue weighted by Gasteiger charge is 2.42. The predicted octanol–water partition coefficient (Wildman–Crippen LogP) is 4.54. The molecular weight excluding hydrogens is 477 g/mol. The zero-order chi connectivity index (χ0) is 24.7. The topological polar surface area (TPSA) is 89.1 Å². The lowest BCUT2D eigenvalue weighted by Crippen LogP contribution is -2.45. The monoisotopic (exact) mass is 497 g/mol. The molecule has 2 N–H and O–H groups in total. The van der Waals surface area contributed by atoms with Crippen LogP contribution in [0.4, 0.5) is 10.2 Å². The first kappa shape index (κ1) is 22.1. The Morgan fingerprint density at radius 2 is 1.83 bits per heavy atom. The van der Waals surface area contributed by atoms with Gasteiger partial charge in [-0.2, -0.15) is 10.2 Å². The number of aromatic nitrogens is 5. The fourth-order valence-electron chi connectivity index (χ4n) is 4.18. The summed E-state index contributed by atoms with van der Waals surface area (Å²) in [5.41, 5.74) is 4.37. The van der Waals surface area contributed by atoms with Crippen LogP contribution >= 0.6 is 11.8 Å². The third-order valence-electron chi connectivity index (χ3n) is 5.88. The van der Waals surface area contributed by atoms with Crippen LogP contribution in [0, 0.1) is 5.82 Å². The molecule has 1 aliphatic rings. The van der Waals surface area contributed by atoms with Gasteiger partial charge in [0.1, 0.15) is 11.5 Å². The van der Waals surface area contributed by atoms with Crippen molar-refractivity contribution in [2.24, 2.45) is 7.05 Å². The highest BCUT2D eigenvalue weighted by atomic mass is 32.2. The van der Waals surface area contributed by atoms with E-state index in [4.69, 9.17) is 5.10 Å². The zero-order valence-corrected chi connectivity index (χ0v) is 19.9. The quantitative estimate of drug-likeness (QED) is 0.371. The third kappa shape index (κ3) is 3.81. The fourth-order valence-corrected chi connectivity index (χ4v) is 5.09. The first-order valence-electron chi connectivity index (χ1n) is 11.2. The van der Waals surface area contributed by atoms with Crippen LogP contribution < -0.4 is 10.6 Å². The highest BCUT2D eigenvalue weighted by Crippen LogP contribution is 2.39. The van der Waals surface area contributed by atoms with Crippen LogP contribution in [0.25, 0.3) is 28.2 Å². The number of imidazole rings is 1. The maximum absolute atomic E-state index is 13.4. The summed E-state index contributed by atoms with van der Waals surface area (Å²) in [7, 11) is 1.83. The van der Waals surface area contributed by atoms with Gasteiger partial charge in [0, 0.05) is 30.6 Å². The van der Waals surface area contributed by atoms with Gasteiger partial charge < -0.3 is 10.6 Å². The molecule has 8 nitrogen and oxygen atoms in total. The lowest BCUT2D eigenvalue weighted by Gasteiger charge is -2.27. The number of carbonyl (C=O) groups excluding carboxylic acids is 1. The average Bonchev–Trinajstić information content (AvgIpc) is 3.63. The number of rotatable bonds is 5. The number of fused-ring (bicyclic) bond motifs is 1. The number of carbonyl (C=O) groups is 1. The molecule has 0 bridgehead atoms. The van der Waals surface area contributed by atoms with Crippen molar-refractivity contribution in [3.05, 3.63) is 102 Å². The van der Waals surface area contributed by atoms with Crippen LogP contribution in [0.2, 0.25) is 0 Å². The van der Waals surface area contributed by atoms with E-state index in [2.05, 4.69) is 20.7 Å². The number of nitrogens with one attached hydrogen (secondary N) is 2. The van der Waals surface area contributed by atoms with Gasteiger partial charge in [-0.1, -0.05) is 42.1 Å². The minimum atomic E-state index is -0.977. The van der Waals surface area contributed by atoms with Gasteiger partial charge in [0.2, 0.25) is 0 Å². The third-order valence-corrected chi connectivity index (χ3v) is 7.05. The summed E-state index contributed by atoms with van der Waals surface area (Å²) in [6, 6.07) is 19.4. The van der Waals surface area contributed by atoms with Crippen molar-refractivity contribution in [2.45, 2.75) is 4.87 Å². The molecule has 1 atom stereocenters. The van der Waals surface area contributed by atoms with Crippen molar-refractivity contribution in [1.82, 2.24) is 29.7 Å². The van der Waals surface area contributed by atoms with Crippen LogP contribution in [0.15, 0.2) is 90.7 Å². The van der Waals surface area contributed by atoms with Crippen molar-refractivity contribution in [2.75, 3.05) is 5.32 Å². The summed E-state index contributed by atoms with van der Waals surface area (Å²) >= 11 is 1.39. The highest BCUT2D eigenvalue weighted by molar-refractivity contribution is 8.04. The lowest BCUT2D eigenvalue weighted by molar-refractivity contribution is -0.119. The second-order valence-electron chi connectivity index (χ2n) is 8.29. The lowest BCUT2D eigenvalue weighted by atomic mass is 10.1. The Kier molecular flexibility index (Phi) is 5.30. The summed E-state index contributed by atoms with van der Waals surface area (Å²) in [4.78, 5) is 16.9. The van der Waals surface area contributed by atoms with E-state index < -0.39 is 4.87 Å². The Labute approximate surface area is 209 Å². The Morgan fingerprint density at radius 3 is 2.58 bits per heavy atom. The molecule has 0 spiro atoms. The molecule has 6 rings (SSSR count). The van der Waals surface area contributed by atoms with Crippen molar-refractivity contribution >= 4 is 29.1 Å². The first-order chi connectivity index (χ1) is 17.5. The molecule has 1 amide bonds. The number of thioether (sulfide) groups is 1. The Bertz CT molecular complexity index is 1600. The van der Waals surface area contributed by atoms with Crippen LogP contribution in [0.3, 0.4) is 0 Å². The fraction of sp³-hybridized carbons (Fsp3) is 0.0769. The van der Waals surface area contributed by atoms with Crippen LogP contribution in [-0.4, -0.2) is 30.3 Å². The molecule has 1 aliphatic heterocycles.